The predicted molar refractivity (Wildman–Crippen MR) is 62.5 cm³/mol. The van der Waals surface area contributed by atoms with E-state index in [0.29, 0.717) is 6.42 Å². The minimum atomic E-state index is -0.931. The van der Waals surface area contributed by atoms with Crippen LogP contribution < -0.4 is 11.5 Å². The van der Waals surface area contributed by atoms with E-state index in [-0.39, 0.29) is 29.6 Å². The molecule has 0 rings (SSSR count). The number of rotatable bonds is 6. The molecule has 0 aromatic carbocycles. The first-order valence-electron chi connectivity index (χ1n) is 4.54. The summed E-state index contributed by atoms with van der Waals surface area (Å²) in [5.74, 6) is -0.931. The maximum absolute atomic E-state index is 10.9. The second kappa shape index (κ2) is 8.27. The van der Waals surface area contributed by atoms with E-state index in [1.165, 1.54) is 0 Å². The average molecular weight is 225 g/mol. The molecular formula is C9H20N3NaO2. The number of carboxylic acid groups (broad SMARTS) is 1. The SMILES string of the molecule is C=CCC(C(=O)O)N(C(C)N)C(C)N.[NaH]. The van der Waals surface area contributed by atoms with E-state index in [0.717, 1.165) is 0 Å². The molecule has 15 heavy (non-hydrogen) atoms. The second-order valence-electron chi connectivity index (χ2n) is 3.31. The Labute approximate surface area is 113 Å². The Hall–Kier alpha value is 0.0900. The third kappa shape index (κ3) is 5.65. The topological polar surface area (TPSA) is 92.6 Å². The number of carbonyl (C=O) groups is 1. The molecule has 5 N–H and O–H groups in total. The Bertz CT molecular complexity index is 202. The Morgan fingerprint density at radius 1 is 1.47 bits per heavy atom. The Balaban J connectivity index is 0. The van der Waals surface area contributed by atoms with E-state index >= 15 is 0 Å². The fourth-order valence-corrected chi connectivity index (χ4v) is 1.45. The molecule has 0 aliphatic carbocycles. The van der Waals surface area contributed by atoms with Crippen LogP contribution in [0.2, 0.25) is 0 Å². The summed E-state index contributed by atoms with van der Waals surface area (Å²) in [6.45, 7) is 6.93. The molecule has 0 saturated heterocycles. The van der Waals surface area contributed by atoms with Crippen molar-refractivity contribution in [1.82, 2.24) is 4.90 Å². The van der Waals surface area contributed by atoms with Crippen LogP contribution in [0.4, 0.5) is 0 Å². The third-order valence-electron chi connectivity index (χ3n) is 1.98. The van der Waals surface area contributed by atoms with Crippen molar-refractivity contribution < 1.29 is 9.90 Å². The predicted octanol–water partition coefficient (Wildman–Crippen LogP) is -0.721. The minimum absolute atomic E-state index is 0. The molecule has 0 heterocycles. The van der Waals surface area contributed by atoms with Crippen LogP contribution in [0.1, 0.15) is 20.3 Å². The van der Waals surface area contributed by atoms with E-state index in [2.05, 4.69) is 6.58 Å². The summed E-state index contributed by atoms with van der Waals surface area (Å²) in [6, 6.07) is -0.701. The average Bonchev–Trinajstić information content (AvgIpc) is 2.01. The summed E-state index contributed by atoms with van der Waals surface area (Å²) in [6.07, 6.45) is 1.10. The zero-order valence-electron chi connectivity index (χ0n) is 8.68. The van der Waals surface area contributed by atoms with Crippen molar-refractivity contribution in [2.24, 2.45) is 11.5 Å². The molecule has 84 valence electrons. The first-order valence-corrected chi connectivity index (χ1v) is 4.54. The number of carboxylic acids is 1. The van der Waals surface area contributed by atoms with E-state index in [1.54, 1.807) is 24.8 Å². The Morgan fingerprint density at radius 3 is 2.07 bits per heavy atom. The van der Waals surface area contributed by atoms with E-state index < -0.39 is 24.3 Å². The van der Waals surface area contributed by atoms with Gasteiger partial charge in [-0.3, -0.25) is 9.69 Å². The van der Waals surface area contributed by atoms with Crippen molar-refractivity contribution in [1.29, 1.82) is 0 Å². The summed E-state index contributed by atoms with van der Waals surface area (Å²) in [5, 5.41) is 8.97. The van der Waals surface area contributed by atoms with Gasteiger partial charge in [-0.05, 0) is 20.3 Å². The van der Waals surface area contributed by atoms with Crippen molar-refractivity contribution >= 4 is 35.5 Å². The molecule has 0 saturated carbocycles. The zero-order valence-corrected chi connectivity index (χ0v) is 8.68. The van der Waals surface area contributed by atoms with Crippen LogP contribution >= 0.6 is 0 Å². The Kier molecular flexibility index (Phi) is 9.63. The van der Waals surface area contributed by atoms with Crippen LogP contribution in [0.3, 0.4) is 0 Å². The molecule has 0 amide bonds. The molecule has 3 atom stereocenters. The van der Waals surface area contributed by atoms with Crippen LogP contribution in [0.15, 0.2) is 12.7 Å². The van der Waals surface area contributed by atoms with Gasteiger partial charge in [0.15, 0.2) is 0 Å². The second-order valence-corrected chi connectivity index (χ2v) is 3.31. The maximum atomic E-state index is 10.9. The summed E-state index contributed by atoms with van der Waals surface area (Å²) in [4.78, 5) is 12.5. The van der Waals surface area contributed by atoms with Gasteiger partial charge in [0.1, 0.15) is 6.04 Å². The molecule has 3 unspecified atom stereocenters. The van der Waals surface area contributed by atoms with Crippen molar-refractivity contribution in [3.8, 4) is 0 Å². The summed E-state index contributed by atoms with van der Waals surface area (Å²) < 4.78 is 0. The molecule has 6 heteroatoms. The number of hydrogen-bond acceptors (Lipinski definition) is 4. The molecule has 0 aromatic rings. The van der Waals surface area contributed by atoms with Gasteiger partial charge in [0.05, 0.1) is 12.3 Å². The molecule has 0 radical (unpaired) electrons. The van der Waals surface area contributed by atoms with Crippen molar-refractivity contribution in [3.05, 3.63) is 12.7 Å². The first-order chi connectivity index (χ1) is 6.41. The molecule has 0 aromatic heterocycles. The molecule has 0 bridgehead atoms. The summed E-state index contributed by atoms with van der Waals surface area (Å²) in [7, 11) is 0. The molecule has 0 spiro atoms. The Morgan fingerprint density at radius 2 is 1.87 bits per heavy atom. The molecule has 0 aliphatic heterocycles. The fourth-order valence-electron chi connectivity index (χ4n) is 1.45. The van der Waals surface area contributed by atoms with Gasteiger partial charge in [0.25, 0.3) is 0 Å². The van der Waals surface area contributed by atoms with Gasteiger partial charge >= 0.3 is 35.5 Å². The summed E-state index contributed by atoms with van der Waals surface area (Å²) >= 11 is 0. The van der Waals surface area contributed by atoms with Crippen molar-refractivity contribution in [2.45, 2.75) is 38.6 Å². The standard InChI is InChI=1S/C9H19N3O2.Na.H/c1-4-5-8(9(13)14)12(6(2)10)7(3)11;;/h4,6-8H,1,5,10-11H2,2-3H3,(H,13,14);;. The number of aliphatic carboxylic acids is 1. The molecule has 0 fully saturated rings. The fraction of sp³-hybridized carbons (Fsp3) is 0.667. The van der Waals surface area contributed by atoms with Gasteiger partial charge in [-0.1, -0.05) is 6.08 Å². The van der Waals surface area contributed by atoms with Crippen LogP contribution in [-0.2, 0) is 4.79 Å². The van der Waals surface area contributed by atoms with Gasteiger partial charge < -0.3 is 16.6 Å². The van der Waals surface area contributed by atoms with E-state index in [1.807, 2.05) is 0 Å². The monoisotopic (exact) mass is 225 g/mol. The number of hydrogen-bond donors (Lipinski definition) is 3. The molecule has 0 aliphatic rings. The first kappa shape index (κ1) is 17.5. The van der Waals surface area contributed by atoms with Gasteiger partial charge in [-0.2, -0.15) is 0 Å². The normalized spacial score (nSPS) is 16.3. The summed E-state index contributed by atoms with van der Waals surface area (Å²) in [5.41, 5.74) is 11.3. The van der Waals surface area contributed by atoms with Gasteiger partial charge in [-0.15, -0.1) is 6.58 Å². The molecule has 5 nitrogen and oxygen atoms in total. The van der Waals surface area contributed by atoms with Crippen LogP contribution in [0, 0.1) is 0 Å². The quantitative estimate of drug-likeness (QED) is 0.315. The van der Waals surface area contributed by atoms with Gasteiger partial charge in [0, 0.05) is 0 Å². The molecular weight excluding hydrogens is 205 g/mol. The number of nitrogens with two attached hydrogens (primary N) is 2. The van der Waals surface area contributed by atoms with Crippen molar-refractivity contribution in [3.63, 3.8) is 0 Å². The zero-order chi connectivity index (χ0) is 11.3. The van der Waals surface area contributed by atoms with Crippen molar-refractivity contribution in [2.75, 3.05) is 0 Å². The van der Waals surface area contributed by atoms with Gasteiger partial charge in [0.2, 0.25) is 0 Å². The van der Waals surface area contributed by atoms with Crippen LogP contribution in [-0.4, -0.2) is 63.9 Å². The van der Waals surface area contributed by atoms with Crippen LogP contribution in [0.25, 0.3) is 0 Å². The third-order valence-corrected chi connectivity index (χ3v) is 1.98. The number of nitrogens with zero attached hydrogens (tertiary/aromatic N) is 1. The van der Waals surface area contributed by atoms with E-state index in [9.17, 15) is 4.79 Å². The van der Waals surface area contributed by atoms with Gasteiger partial charge in [-0.25, -0.2) is 0 Å². The van der Waals surface area contributed by atoms with E-state index in [4.69, 9.17) is 16.6 Å². The van der Waals surface area contributed by atoms with Crippen LogP contribution in [0.5, 0.6) is 0 Å².